The Hall–Kier alpha value is -0.220. The van der Waals surface area contributed by atoms with Crippen molar-refractivity contribution in [2.45, 2.75) is 30.9 Å². The van der Waals surface area contributed by atoms with Crippen molar-refractivity contribution in [3.05, 3.63) is 0 Å². The molecule has 0 aromatic carbocycles. The lowest BCUT2D eigenvalue weighted by Gasteiger charge is -2.11. The predicted octanol–water partition coefficient (Wildman–Crippen LogP) is 0.737. The van der Waals surface area contributed by atoms with E-state index in [1.807, 2.05) is 0 Å². The Kier molecular flexibility index (Phi) is 5.23. The minimum atomic E-state index is 0.175. The largest absolute Gasteiger partial charge is 0.355 e. The molecule has 1 heterocycles. The van der Waals surface area contributed by atoms with Gasteiger partial charge in [-0.1, -0.05) is 6.42 Å². The number of carbonyl (C=O) groups excluding carboxylic acids is 1. The Labute approximate surface area is 83.8 Å². The Morgan fingerprint density at radius 2 is 2.38 bits per heavy atom. The molecule has 0 bridgehead atoms. The number of thioether (sulfide) groups is 1. The van der Waals surface area contributed by atoms with E-state index >= 15 is 0 Å². The fraction of sp³-hybridized carbons (Fsp3) is 0.889. The summed E-state index contributed by atoms with van der Waals surface area (Å²) in [6.07, 6.45) is 4.33. The van der Waals surface area contributed by atoms with Crippen LogP contribution in [-0.4, -0.2) is 30.0 Å². The Morgan fingerprint density at radius 1 is 1.54 bits per heavy atom. The standard InChI is InChI=1S/C9H18N2OS/c10-5-3-7-13-8-4-1-2-6-11-9(8)12/h8H,1-7,10H2,(H,11,12). The van der Waals surface area contributed by atoms with Crippen molar-refractivity contribution in [2.24, 2.45) is 5.73 Å². The topological polar surface area (TPSA) is 55.1 Å². The molecule has 1 unspecified atom stereocenters. The lowest BCUT2D eigenvalue weighted by molar-refractivity contribution is -0.120. The quantitative estimate of drug-likeness (QED) is 0.661. The van der Waals surface area contributed by atoms with Gasteiger partial charge in [0, 0.05) is 6.54 Å². The van der Waals surface area contributed by atoms with E-state index in [9.17, 15) is 4.79 Å². The molecule has 0 saturated carbocycles. The molecule has 1 atom stereocenters. The maximum Gasteiger partial charge on any atom is 0.233 e. The van der Waals surface area contributed by atoms with Gasteiger partial charge in [0.1, 0.15) is 0 Å². The van der Waals surface area contributed by atoms with Crippen LogP contribution >= 0.6 is 11.8 Å². The first kappa shape index (κ1) is 10.9. The van der Waals surface area contributed by atoms with Crippen molar-refractivity contribution in [2.75, 3.05) is 18.8 Å². The number of amides is 1. The van der Waals surface area contributed by atoms with E-state index in [0.29, 0.717) is 0 Å². The average molecular weight is 202 g/mol. The van der Waals surface area contributed by atoms with Crippen molar-refractivity contribution in [3.8, 4) is 0 Å². The Balaban J connectivity index is 2.24. The normalized spacial score (nSPS) is 23.8. The molecule has 0 aromatic heterocycles. The van der Waals surface area contributed by atoms with Crippen LogP contribution in [0.25, 0.3) is 0 Å². The second-order valence-corrected chi connectivity index (χ2v) is 4.60. The van der Waals surface area contributed by atoms with E-state index in [0.717, 1.165) is 38.1 Å². The molecule has 0 spiro atoms. The third-order valence-corrected chi connectivity index (χ3v) is 3.53. The lowest BCUT2D eigenvalue weighted by atomic mass is 10.2. The van der Waals surface area contributed by atoms with Gasteiger partial charge in [0.05, 0.1) is 5.25 Å². The summed E-state index contributed by atoms with van der Waals surface area (Å²) < 4.78 is 0. The van der Waals surface area contributed by atoms with Crippen LogP contribution in [0.15, 0.2) is 0 Å². The van der Waals surface area contributed by atoms with Gasteiger partial charge in [0.25, 0.3) is 0 Å². The molecule has 1 aliphatic rings. The van der Waals surface area contributed by atoms with Gasteiger partial charge in [-0.25, -0.2) is 0 Å². The monoisotopic (exact) mass is 202 g/mol. The number of rotatable bonds is 4. The summed E-state index contributed by atoms with van der Waals surface area (Å²) in [5.41, 5.74) is 5.40. The summed E-state index contributed by atoms with van der Waals surface area (Å²) in [4.78, 5) is 11.4. The molecule has 4 heteroatoms. The van der Waals surface area contributed by atoms with Gasteiger partial charge >= 0.3 is 0 Å². The summed E-state index contributed by atoms with van der Waals surface area (Å²) in [5.74, 6) is 1.23. The zero-order valence-corrected chi connectivity index (χ0v) is 8.74. The van der Waals surface area contributed by atoms with Gasteiger partial charge in [-0.15, -0.1) is 11.8 Å². The van der Waals surface area contributed by atoms with Crippen LogP contribution in [0.5, 0.6) is 0 Å². The third kappa shape index (κ3) is 4.00. The van der Waals surface area contributed by atoms with Crippen LogP contribution in [0.3, 0.4) is 0 Å². The zero-order valence-electron chi connectivity index (χ0n) is 7.92. The summed E-state index contributed by atoms with van der Waals surface area (Å²) in [5, 5.41) is 3.11. The molecule has 1 rings (SSSR count). The van der Waals surface area contributed by atoms with E-state index in [-0.39, 0.29) is 11.2 Å². The van der Waals surface area contributed by atoms with E-state index < -0.39 is 0 Å². The second-order valence-electron chi connectivity index (χ2n) is 3.29. The maximum atomic E-state index is 11.4. The summed E-state index contributed by atoms with van der Waals surface area (Å²) >= 11 is 1.75. The lowest BCUT2D eigenvalue weighted by Crippen LogP contribution is -2.30. The molecule has 0 radical (unpaired) electrons. The first-order chi connectivity index (χ1) is 6.34. The number of nitrogens with one attached hydrogen (secondary N) is 1. The molecule has 1 saturated heterocycles. The van der Waals surface area contributed by atoms with Crippen molar-refractivity contribution in [3.63, 3.8) is 0 Å². The molecular formula is C9H18N2OS. The van der Waals surface area contributed by atoms with Crippen LogP contribution in [0.1, 0.15) is 25.7 Å². The molecule has 0 aromatic rings. The fourth-order valence-electron chi connectivity index (χ4n) is 1.38. The first-order valence-electron chi connectivity index (χ1n) is 4.94. The molecule has 3 N–H and O–H groups in total. The summed E-state index contributed by atoms with van der Waals surface area (Å²) in [6.45, 7) is 1.58. The highest BCUT2D eigenvalue weighted by atomic mass is 32.2. The van der Waals surface area contributed by atoms with Gasteiger partial charge in [-0.05, 0) is 31.6 Å². The minimum Gasteiger partial charge on any atom is -0.355 e. The highest BCUT2D eigenvalue weighted by molar-refractivity contribution is 8.00. The first-order valence-corrected chi connectivity index (χ1v) is 5.99. The molecule has 1 fully saturated rings. The van der Waals surface area contributed by atoms with Crippen LogP contribution in [0, 0.1) is 0 Å². The predicted molar refractivity (Wildman–Crippen MR) is 56.8 cm³/mol. The highest BCUT2D eigenvalue weighted by Gasteiger charge is 2.19. The van der Waals surface area contributed by atoms with Crippen molar-refractivity contribution >= 4 is 17.7 Å². The molecule has 13 heavy (non-hydrogen) atoms. The highest BCUT2D eigenvalue weighted by Crippen LogP contribution is 2.20. The molecule has 1 amide bonds. The van der Waals surface area contributed by atoms with Gasteiger partial charge < -0.3 is 11.1 Å². The van der Waals surface area contributed by atoms with E-state index in [1.54, 1.807) is 11.8 Å². The van der Waals surface area contributed by atoms with E-state index in [2.05, 4.69) is 5.32 Å². The third-order valence-electron chi connectivity index (χ3n) is 2.15. The molecular weight excluding hydrogens is 184 g/mol. The van der Waals surface area contributed by atoms with Gasteiger partial charge in [0.2, 0.25) is 5.91 Å². The molecule has 76 valence electrons. The van der Waals surface area contributed by atoms with Crippen molar-refractivity contribution < 1.29 is 4.79 Å². The smallest absolute Gasteiger partial charge is 0.233 e. The van der Waals surface area contributed by atoms with Crippen molar-refractivity contribution in [1.82, 2.24) is 5.32 Å². The second kappa shape index (κ2) is 6.27. The van der Waals surface area contributed by atoms with Crippen LogP contribution in [0.2, 0.25) is 0 Å². The van der Waals surface area contributed by atoms with E-state index in [4.69, 9.17) is 5.73 Å². The number of carbonyl (C=O) groups is 1. The molecule has 1 aliphatic heterocycles. The maximum absolute atomic E-state index is 11.4. The van der Waals surface area contributed by atoms with Gasteiger partial charge in [-0.2, -0.15) is 0 Å². The molecule has 3 nitrogen and oxygen atoms in total. The number of hydrogen-bond acceptors (Lipinski definition) is 3. The van der Waals surface area contributed by atoms with Gasteiger partial charge in [0.15, 0.2) is 0 Å². The van der Waals surface area contributed by atoms with Gasteiger partial charge in [-0.3, -0.25) is 4.79 Å². The van der Waals surface area contributed by atoms with Crippen LogP contribution < -0.4 is 11.1 Å². The summed E-state index contributed by atoms with van der Waals surface area (Å²) in [7, 11) is 0. The SMILES string of the molecule is NCCCSC1CCCCNC1=O. The number of hydrogen-bond donors (Lipinski definition) is 2. The van der Waals surface area contributed by atoms with E-state index in [1.165, 1.54) is 6.42 Å². The Bertz CT molecular complexity index is 164. The zero-order chi connectivity index (χ0) is 9.52. The van der Waals surface area contributed by atoms with Crippen LogP contribution in [-0.2, 0) is 4.79 Å². The van der Waals surface area contributed by atoms with Crippen LogP contribution in [0.4, 0.5) is 0 Å². The minimum absolute atomic E-state index is 0.175. The van der Waals surface area contributed by atoms with Crippen molar-refractivity contribution in [1.29, 1.82) is 0 Å². The molecule has 0 aliphatic carbocycles. The fourth-order valence-corrected chi connectivity index (χ4v) is 2.57. The summed E-state index contributed by atoms with van der Waals surface area (Å²) in [6, 6.07) is 0. The number of nitrogens with two attached hydrogens (primary N) is 1. The Morgan fingerprint density at radius 3 is 3.15 bits per heavy atom. The average Bonchev–Trinajstić information content (AvgIpc) is 2.32.